The predicted octanol–water partition coefficient (Wildman–Crippen LogP) is 7.35. The number of benzene rings is 2. The summed E-state index contributed by atoms with van der Waals surface area (Å²) in [5, 5.41) is 36.3. The Balaban J connectivity index is 1.38. The van der Waals surface area contributed by atoms with Crippen molar-refractivity contribution in [3.63, 3.8) is 0 Å². The number of ether oxygens (including phenoxy) is 4. The lowest BCUT2D eigenvalue weighted by Gasteiger charge is -2.46. The average Bonchev–Trinajstić information content (AvgIpc) is 3.72. The van der Waals surface area contributed by atoms with E-state index in [1.54, 1.807) is 27.7 Å². The molecule has 2 aromatic carbocycles. The molecule has 0 unspecified atom stereocenters. The molecule has 3 N–H and O–H groups in total. The van der Waals surface area contributed by atoms with Crippen LogP contribution < -0.4 is 0 Å². The molecular weight excluding hydrogens is 874 g/mol. The topological polar surface area (TPSA) is 160 Å². The molecule has 3 aliphatic rings. The third-order valence-electron chi connectivity index (χ3n) is 14.7. The van der Waals surface area contributed by atoms with Crippen LogP contribution >= 0.6 is 11.6 Å². The summed E-state index contributed by atoms with van der Waals surface area (Å²) in [6, 6.07) is 17.0. The molecule has 6 rings (SSSR count). The van der Waals surface area contributed by atoms with Crippen molar-refractivity contribution in [2.75, 3.05) is 27.7 Å². The lowest BCUT2D eigenvalue weighted by molar-refractivity contribution is -0.296. The summed E-state index contributed by atoms with van der Waals surface area (Å²) < 4.78 is 28.2. The van der Waals surface area contributed by atoms with Gasteiger partial charge in [-0.3, -0.25) is 14.4 Å². The number of ketones is 1. The van der Waals surface area contributed by atoms with Crippen molar-refractivity contribution in [3.8, 4) is 22.3 Å². The van der Waals surface area contributed by atoms with Crippen LogP contribution in [0.15, 0.2) is 54.6 Å². The number of aromatic nitrogens is 1. The van der Waals surface area contributed by atoms with E-state index in [9.17, 15) is 29.7 Å². The Morgan fingerprint density at radius 2 is 1.57 bits per heavy atom. The van der Waals surface area contributed by atoms with E-state index in [2.05, 4.69) is 30.5 Å². The summed E-state index contributed by atoms with van der Waals surface area (Å²) in [4.78, 5) is 47.0. The normalized spacial score (nSPS) is 34.6. The number of carbonyl (C=O) groups is 3. The number of aliphatic hydroxyl groups is 3. The minimum atomic E-state index is -1.84. The fourth-order valence-corrected chi connectivity index (χ4v) is 11.2. The third-order valence-corrected chi connectivity index (χ3v) is 15.0. The molecule has 0 bridgehead atoms. The van der Waals surface area contributed by atoms with E-state index < -0.39 is 77.5 Å². The molecule has 2 saturated heterocycles. The minimum absolute atomic E-state index is 0.0631. The van der Waals surface area contributed by atoms with Gasteiger partial charge in [-0.15, -0.1) is 0 Å². The largest absolute Gasteiger partial charge is 0.459 e. The molecule has 1 aromatic heterocycles. The van der Waals surface area contributed by atoms with Gasteiger partial charge in [0.1, 0.15) is 23.7 Å². The number of nitrogens with zero attached hydrogens (tertiary/aromatic N) is 3. The molecule has 0 amide bonds. The number of aliphatic hydroxyl groups excluding tert-OH is 1. The summed E-state index contributed by atoms with van der Waals surface area (Å²) in [6.45, 7) is 19.1. The molecule has 2 fully saturated rings. The predicted molar refractivity (Wildman–Crippen MR) is 259 cm³/mol. The Hall–Kier alpha value is -3.66. The first-order valence-electron chi connectivity index (χ1n) is 24.1. The van der Waals surface area contributed by atoms with Crippen molar-refractivity contribution >= 4 is 29.3 Å². The highest BCUT2D eigenvalue weighted by Crippen LogP contribution is 2.47. The van der Waals surface area contributed by atoms with Crippen LogP contribution in [0.25, 0.3) is 22.3 Å². The molecule has 13 nitrogen and oxygen atoms in total. The van der Waals surface area contributed by atoms with E-state index in [1.165, 1.54) is 13.8 Å². The van der Waals surface area contributed by atoms with Crippen LogP contribution in [0.3, 0.4) is 0 Å². The number of cyclic esters (lactones) is 1. The van der Waals surface area contributed by atoms with Crippen molar-refractivity contribution < 1.29 is 48.7 Å². The molecule has 14 heteroatoms. The van der Waals surface area contributed by atoms with Crippen LogP contribution in [0, 0.1) is 23.2 Å². The van der Waals surface area contributed by atoms with Gasteiger partial charge in [-0.1, -0.05) is 88.7 Å². The number of esters is 2. The second kappa shape index (κ2) is 20.7. The minimum Gasteiger partial charge on any atom is -0.459 e. The lowest BCUT2D eigenvalue weighted by Crippen LogP contribution is -2.60. The van der Waals surface area contributed by atoms with Gasteiger partial charge in [0.05, 0.1) is 30.3 Å². The average molecular weight is 951 g/mol. The zero-order valence-corrected chi connectivity index (χ0v) is 42.7. The molecule has 0 aliphatic carbocycles. The summed E-state index contributed by atoms with van der Waals surface area (Å²) in [5.41, 5.74) is 2.38. The Morgan fingerprint density at radius 1 is 0.940 bits per heavy atom. The maximum absolute atomic E-state index is 14.8. The van der Waals surface area contributed by atoms with Crippen LogP contribution in [-0.4, -0.2) is 135 Å². The van der Waals surface area contributed by atoms with Crippen molar-refractivity contribution in [2.24, 2.45) is 23.2 Å². The first-order chi connectivity index (χ1) is 31.3. The summed E-state index contributed by atoms with van der Waals surface area (Å²) in [5.74, 6) is -4.53. The maximum atomic E-state index is 14.8. The van der Waals surface area contributed by atoms with Crippen LogP contribution in [0.2, 0.25) is 5.02 Å². The first kappa shape index (κ1) is 52.7. The Bertz CT molecular complexity index is 2210. The van der Waals surface area contributed by atoms with Gasteiger partial charge >= 0.3 is 11.9 Å². The second-order valence-electron chi connectivity index (χ2n) is 21.5. The molecule has 67 heavy (non-hydrogen) atoms. The second-order valence-corrected chi connectivity index (χ2v) is 21.9. The standard InChI is InChI=1S/C53H76ClN3O10/c1-14-41-53(10,63)47(60)34(6)56(13)28-30(2)26-52(9,62)48(32(4)45(59)33(5)49(61)65-41)67-50-46(39(55(11)12)24-31(3)64-50)66-42(58)25-38-43(36-20-22-37(54)23-21-36)44(35-18-16-15-17-19-35)40-27-51(7,8)29-57(38)40/h15-23,30-34,39,41,46-48,50,60,62-63H,14,24-29H2,1-13H3/t30-,31-,32+,33-,34-,39+,41-,46-,47-,48-,50+,52-,53-/m1/s1. The van der Waals surface area contributed by atoms with Crippen LogP contribution in [0.1, 0.15) is 99.9 Å². The van der Waals surface area contributed by atoms with E-state index in [-0.39, 0.29) is 42.7 Å². The zero-order valence-electron chi connectivity index (χ0n) is 41.9. The van der Waals surface area contributed by atoms with Crippen molar-refractivity contribution in [1.82, 2.24) is 14.4 Å². The van der Waals surface area contributed by atoms with Gasteiger partial charge in [-0.2, -0.15) is 0 Å². The van der Waals surface area contributed by atoms with Crippen molar-refractivity contribution in [1.29, 1.82) is 0 Å². The molecule has 3 aliphatic heterocycles. The molecule has 0 saturated carbocycles. The number of hydrogen-bond acceptors (Lipinski definition) is 12. The van der Waals surface area contributed by atoms with Crippen molar-refractivity contribution in [2.45, 2.75) is 168 Å². The monoisotopic (exact) mass is 950 g/mol. The third kappa shape index (κ3) is 11.4. The van der Waals surface area contributed by atoms with Crippen molar-refractivity contribution in [3.05, 3.63) is 71.0 Å². The summed E-state index contributed by atoms with van der Waals surface area (Å²) in [7, 11) is 5.64. The molecule has 3 aromatic rings. The quantitative estimate of drug-likeness (QED) is 0.145. The SMILES string of the molecule is CC[C@H]1OC(=O)[C@H](C)C(=O)[C@H](C)[C@@H](O[C@@H]2O[C@H](C)C[C@H](N(C)C)[C@H]2OC(=O)Cc2c(-c3ccc(Cl)cc3)c(-c3ccccc3)c3n2CC(C)(C)C3)[C@](C)(O)C[C@@H](C)CN(C)[C@H](C)[C@@H](O)[C@]1(C)O. The van der Waals surface area contributed by atoms with Crippen LogP contribution in [0.4, 0.5) is 0 Å². The van der Waals surface area contributed by atoms with Gasteiger partial charge in [0.2, 0.25) is 0 Å². The summed E-state index contributed by atoms with van der Waals surface area (Å²) >= 11 is 6.41. The molecule has 0 radical (unpaired) electrons. The number of likely N-dealkylation sites (N-methyl/N-ethyl adjacent to an activating group) is 2. The number of halogens is 1. The van der Waals surface area contributed by atoms with Gasteiger partial charge in [-0.05, 0) is 116 Å². The van der Waals surface area contributed by atoms with Gasteiger partial charge in [0.15, 0.2) is 18.2 Å². The highest BCUT2D eigenvalue weighted by atomic mass is 35.5. The fourth-order valence-electron chi connectivity index (χ4n) is 11.1. The molecular formula is C53H76ClN3O10. The highest BCUT2D eigenvalue weighted by Gasteiger charge is 2.51. The molecule has 4 heterocycles. The Labute approximate surface area is 403 Å². The smallest absolute Gasteiger partial charge is 0.316 e. The number of hydrogen-bond donors (Lipinski definition) is 3. The maximum Gasteiger partial charge on any atom is 0.316 e. The van der Waals surface area contributed by atoms with E-state index in [1.807, 2.05) is 87.3 Å². The van der Waals surface area contributed by atoms with E-state index in [4.69, 9.17) is 30.5 Å². The van der Waals surface area contributed by atoms with Crippen LogP contribution in [-0.2, 0) is 52.7 Å². The van der Waals surface area contributed by atoms with E-state index >= 15 is 0 Å². The van der Waals surface area contributed by atoms with Crippen LogP contribution in [0.5, 0.6) is 0 Å². The van der Waals surface area contributed by atoms with E-state index in [0.29, 0.717) is 24.5 Å². The van der Waals surface area contributed by atoms with E-state index in [0.717, 1.165) is 40.1 Å². The van der Waals surface area contributed by atoms with Gasteiger partial charge < -0.3 is 48.6 Å². The zero-order chi connectivity index (χ0) is 49.5. The van der Waals surface area contributed by atoms with Gasteiger partial charge in [-0.25, -0.2) is 0 Å². The van der Waals surface area contributed by atoms with Gasteiger partial charge in [0, 0.05) is 52.6 Å². The lowest BCUT2D eigenvalue weighted by atomic mass is 9.78. The Kier molecular flexibility index (Phi) is 16.3. The summed E-state index contributed by atoms with van der Waals surface area (Å²) in [6.07, 6.45) is -4.68. The number of fused-ring (bicyclic) bond motifs is 1. The molecule has 370 valence electrons. The fraction of sp³-hybridized carbons (Fsp3) is 0.642. The Morgan fingerprint density at radius 3 is 2.18 bits per heavy atom. The number of carbonyl (C=O) groups excluding carboxylic acids is 3. The number of Topliss-reactive ketones (excluding diaryl/α,β-unsaturated/α-hetero) is 1. The van der Waals surface area contributed by atoms with Gasteiger partial charge in [0.25, 0.3) is 0 Å². The molecule has 0 spiro atoms. The first-order valence-corrected chi connectivity index (χ1v) is 24.4. The molecule has 13 atom stereocenters. The number of rotatable bonds is 9. The highest BCUT2D eigenvalue weighted by molar-refractivity contribution is 6.30.